The van der Waals surface area contributed by atoms with Crippen LogP contribution in [0.2, 0.25) is 0 Å². The van der Waals surface area contributed by atoms with E-state index in [0.29, 0.717) is 18.7 Å². The van der Waals surface area contributed by atoms with Crippen molar-refractivity contribution in [3.8, 4) is 0 Å². The average Bonchev–Trinajstić information content (AvgIpc) is 3.26. The number of benzene rings is 1. The minimum Gasteiger partial charge on any atom is -0.335 e. The lowest BCUT2D eigenvalue weighted by molar-refractivity contribution is 0.0784. The van der Waals surface area contributed by atoms with Crippen molar-refractivity contribution in [2.24, 2.45) is 0 Å². The second kappa shape index (κ2) is 7.23. The van der Waals surface area contributed by atoms with Crippen LogP contribution in [0.25, 0.3) is 0 Å². The van der Waals surface area contributed by atoms with E-state index in [1.54, 1.807) is 36.3 Å². The van der Waals surface area contributed by atoms with E-state index in [1.807, 2.05) is 12.3 Å². The van der Waals surface area contributed by atoms with E-state index < -0.39 is 10.0 Å². The molecular weight excluding hydrogens is 358 g/mol. The zero-order valence-corrected chi connectivity index (χ0v) is 15.9. The summed E-state index contributed by atoms with van der Waals surface area (Å²) in [6.07, 6.45) is 3.44. The molecule has 8 heteroatoms. The molecule has 0 unspecified atom stereocenters. The summed E-state index contributed by atoms with van der Waals surface area (Å²) in [4.78, 5) is 18.5. The number of nitrogens with zero attached hydrogens (tertiary/aromatic N) is 3. The summed E-state index contributed by atoms with van der Waals surface area (Å²) in [5, 5.41) is 2.70. The molecular formula is C17H21N3O3S2. The number of hydrogen-bond donors (Lipinski definition) is 0. The standard InChI is InChI=1S/C17H21N3O3S2/c1-13-5-4-9-20(13)25(22,23)15-7-3-6-14(11-15)17(21)19(2)12-16-18-8-10-24-16/h3,6-8,10-11,13H,4-5,9,12H2,1-2H3/t13-/m1/s1. The van der Waals surface area contributed by atoms with E-state index in [2.05, 4.69) is 4.98 Å². The second-order valence-corrected chi connectivity index (χ2v) is 9.09. The van der Waals surface area contributed by atoms with Crippen LogP contribution in [0.3, 0.4) is 0 Å². The number of amides is 1. The smallest absolute Gasteiger partial charge is 0.254 e. The summed E-state index contributed by atoms with van der Waals surface area (Å²) < 4.78 is 27.2. The van der Waals surface area contributed by atoms with Crippen LogP contribution in [-0.4, -0.2) is 48.1 Å². The fraction of sp³-hybridized carbons (Fsp3) is 0.412. The maximum absolute atomic E-state index is 12.8. The predicted octanol–water partition coefficient (Wildman–Crippen LogP) is 2.59. The highest BCUT2D eigenvalue weighted by molar-refractivity contribution is 7.89. The zero-order valence-electron chi connectivity index (χ0n) is 14.3. The molecule has 0 radical (unpaired) electrons. The third-order valence-electron chi connectivity index (χ3n) is 4.38. The highest BCUT2D eigenvalue weighted by atomic mass is 32.2. The van der Waals surface area contributed by atoms with Gasteiger partial charge in [0.15, 0.2) is 0 Å². The molecule has 0 aliphatic carbocycles. The number of hydrogen-bond acceptors (Lipinski definition) is 5. The van der Waals surface area contributed by atoms with Gasteiger partial charge in [-0.3, -0.25) is 4.79 Å². The van der Waals surface area contributed by atoms with Gasteiger partial charge in [0.05, 0.1) is 11.4 Å². The maximum Gasteiger partial charge on any atom is 0.254 e. The van der Waals surface area contributed by atoms with Gasteiger partial charge >= 0.3 is 0 Å². The van der Waals surface area contributed by atoms with Crippen LogP contribution >= 0.6 is 11.3 Å². The minimum atomic E-state index is -3.57. The third kappa shape index (κ3) is 3.75. The Bertz CT molecular complexity index is 850. The summed E-state index contributed by atoms with van der Waals surface area (Å²) >= 11 is 1.48. The summed E-state index contributed by atoms with van der Waals surface area (Å²) in [6, 6.07) is 6.29. The average molecular weight is 380 g/mol. The third-order valence-corrected chi connectivity index (χ3v) is 7.16. The Labute approximate surface area is 152 Å². The SMILES string of the molecule is C[C@@H]1CCCN1S(=O)(=O)c1cccc(C(=O)N(C)Cc2nccs2)c1. The topological polar surface area (TPSA) is 70.6 Å². The molecule has 1 aliphatic rings. The number of rotatable bonds is 5. The van der Waals surface area contributed by atoms with Gasteiger partial charge in [0.2, 0.25) is 10.0 Å². The molecule has 0 saturated carbocycles. The Morgan fingerprint density at radius 3 is 2.88 bits per heavy atom. The molecule has 2 aromatic rings. The molecule has 1 aliphatic heterocycles. The highest BCUT2D eigenvalue weighted by Gasteiger charge is 2.33. The van der Waals surface area contributed by atoms with E-state index in [-0.39, 0.29) is 16.8 Å². The van der Waals surface area contributed by atoms with Gasteiger partial charge in [0, 0.05) is 36.8 Å². The van der Waals surface area contributed by atoms with Gasteiger partial charge in [-0.25, -0.2) is 13.4 Å². The predicted molar refractivity (Wildman–Crippen MR) is 96.9 cm³/mol. The van der Waals surface area contributed by atoms with Crippen LogP contribution in [0.1, 0.15) is 35.1 Å². The van der Waals surface area contributed by atoms with Gasteiger partial charge in [-0.1, -0.05) is 6.07 Å². The zero-order chi connectivity index (χ0) is 18.0. The number of aromatic nitrogens is 1. The molecule has 0 spiro atoms. The van der Waals surface area contributed by atoms with Gasteiger partial charge in [0.25, 0.3) is 5.91 Å². The van der Waals surface area contributed by atoms with Crippen LogP contribution in [0, 0.1) is 0 Å². The van der Waals surface area contributed by atoms with Crippen molar-refractivity contribution in [1.82, 2.24) is 14.2 Å². The van der Waals surface area contributed by atoms with Crippen LogP contribution < -0.4 is 0 Å². The van der Waals surface area contributed by atoms with Crippen LogP contribution in [0.5, 0.6) is 0 Å². The highest BCUT2D eigenvalue weighted by Crippen LogP contribution is 2.26. The van der Waals surface area contributed by atoms with Crippen molar-refractivity contribution in [3.05, 3.63) is 46.4 Å². The minimum absolute atomic E-state index is 0.00284. The van der Waals surface area contributed by atoms with E-state index in [4.69, 9.17) is 0 Å². The Morgan fingerprint density at radius 1 is 1.44 bits per heavy atom. The molecule has 1 aromatic carbocycles. The van der Waals surface area contributed by atoms with Crippen LogP contribution in [-0.2, 0) is 16.6 Å². The first kappa shape index (κ1) is 18.0. The van der Waals surface area contributed by atoms with E-state index in [1.165, 1.54) is 21.7 Å². The fourth-order valence-corrected chi connectivity index (χ4v) is 5.43. The Morgan fingerprint density at radius 2 is 2.24 bits per heavy atom. The molecule has 1 aromatic heterocycles. The van der Waals surface area contributed by atoms with Crippen LogP contribution in [0.4, 0.5) is 0 Å². The molecule has 2 heterocycles. The number of sulfonamides is 1. The van der Waals surface area contributed by atoms with Gasteiger partial charge in [0.1, 0.15) is 5.01 Å². The Kier molecular flexibility index (Phi) is 5.21. The second-order valence-electron chi connectivity index (χ2n) is 6.22. The first-order valence-electron chi connectivity index (χ1n) is 8.15. The summed E-state index contributed by atoms with van der Waals surface area (Å²) in [5.41, 5.74) is 0.368. The van der Waals surface area contributed by atoms with Crippen molar-refractivity contribution >= 4 is 27.3 Å². The molecule has 3 rings (SSSR count). The van der Waals surface area contributed by atoms with E-state index >= 15 is 0 Å². The van der Waals surface area contributed by atoms with Gasteiger partial charge in [-0.2, -0.15) is 4.31 Å². The van der Waals surface area contributed by atoms with E-state index in [9.17, 15) is 13.2 Å². The molecule has 1 amide bonds. The monoisotopic (exact) mass is 379 g/mol. The Hall–Kier alpha value is -1.77. The number of thiazole rings is 1. The van der Waals surface area contributed by atoms with Crippen LogP contribution in [0.15, 0.2) is 40.7 Å². The fourth-order valence-electron chi connectivity index (χ4n) is 3.02. The number of carbonyl (C=O) groups is 1. The van der Waals surface area contributed by atoms with Crippen molar-refractivity contribution in [2.75, 3.05) is 13.6 Å². The molecule has 0 bridgehead atoms. The lowest BCUT2D eigenvalue weighted by Gasteiger charge is -2.21. The molecule has 6 nitrogen and oxygen atoms in total. The van der Waals surface area contributed by atoms with Crippen molar-refractivity contribution in [3.63, 3.8) is 0 Å². The quantitative estimate of drug-likeness (QED) is 0.801. The lowest BCUT2D eigenvalue weighted by atomic mass is 10.2. The van der Waals surface area contributed by atoms with Crippen molar-refractivity contribution in [1.29, 1.82) is 0 Å². The Balaban J connectivity index is 1.82. The van der Waals surface area contributed by atoms with Crippen molar-refractivity contribution in [2.45, 2.75) is 37.2 Å². The normalized spacial score (nSPS) is 18.4. The van der Waals surface area contributed by atoms with Gasteiger partial charge < -0.3 is 4.90 Å². The molecule has 0 N–H and O–H groups in total. The summed E-state index contributed by atoms with van der Waals surface area (Å²) in [7, 11) is -1.88. The van der Waals surface area contributed by atoms with Crippen molar-refractivity contribution < 1.29 is 13.2 Å². The molecule has 25 heavy (non-hydrogen) atoms. The molecule has 134 valence electrons. The molecule has 1 saturated heterocycles. The summed E-state index contributed by atoms with van der Waals surface area (Å²) in [5.74, 6) is -0.221. The van der Waals surface area contributed by atoms with Gasteiger partial charge in [-0.15, -0.1) is 11.3 Å². The largest absolute Gasteiger partial charge is 0.335 e. The maximum atomic E-state index is 12.8. The first-order chi connectivity index (χ1) is 11.9. The molecule has 1 atom stereocenters. The first-order valence-corrected chi connectivity index (χ1v) is 10.5. The lowest BCUT2D eigenvalue weighted by Crippen LogP contribution is -2.34. The van der Waals surface area contributed by atoms with E-state index in [0.717, 1.165) is 17.8 Å². The molecule has 1 fully saturated rings. The summed E-state index contributed by atoms with van der Waals surface area (Å²) in [6.45, 7) is 2.85. The van der Waals surface area contributed by atoms with Gasteiger partial charge in [-0.05, 0) is 38.0 Å². The number of carbonyl (C=O) groups excluding carboxylic acids is 1.